The van der Waals surface area contributed by atoms with Gasteiger partial charge in [0.15, 0.2) is 0 Å². The maximum atomic E-state index is 11.2. The normalized spacial score (nSPS) is 12.8. The van der Waals surface area contributed by atoms with Crippen molar-refractivity contribution in [2.24, 2.45) is 0 Å². The molecule has 0 radical (unpaired) electrons. The second-order valence-corrected chi connectivity index (χ2v) is 13.0. The number of rotatable bonds is 17. The van der Waals surface area contributed by atoms with Crippen LogP contribution in [-0.2, 0) is 15.6 Å². The average molecular weight is 552 g/mol. The Morgan fingerprint density at radius 1 is 0.744 bits per heavy atom. The van der Waals surface area contributed by atoms with Crippen molar-refractivity contribution in [3.8, 4) is 5.75 Å². The predicted molar refractivity (Wildman–Crippen MR) is 164 cm³/mol. The van der Waals surface area contributed by atoms with Gasteiger partial charge in [-0.25, -0.2) is 0 Å². The molecule has 0 heterocycles. The van der Waals surface area contributed by atoms with Crippen LogP contribution in [0.1, 0.15) is 142 Å². The van der Waals surface area contributed by atoms with Crippen molar-refractivity contribution in [2.75, 3.05) is 32.8 Å². The van der Waals surface area contributed by atoms with Gasteiger partial charge in [0.1, 0.15) is 5.75 Å². The second kappa shape index (κ2) is 19.4. The van der Waals surface area contributed by atoms with E-state index in [0.29, 0.717) is 13.1 Å². The van der Waals surface area contributed by atoms with E-state index in [2.05, 4.69) is 11.8 Å². The summed E-state index contributed by atoms with van der Waals surface area (Å²) in [6, 6.07) is 3.65. The molecule has 1 atom stereocenters. The van der Waals surface area contributed by atoms with Crippen molar-refractivity contribution >= 4 is 5.97 Å². The number of unbranched alkanes of at least 4 members (excludes halogenated alkanes) is 9. The van der Waals surface area contributed by atoms with Crippen molar-refractivity contribution in [3.63, 3.8) is 0 Å². The number of hydrogen-bond acceptors (Lipinski definition) is 5. The largest absolute Gasteiger partial charge is 0.507 e. The van der Waals surface area contributed by atoms with Crippen LogP contribution >= 0.6 is 0 Å². The number of benzene rings is 1. The third-order valence-electron chi connectivity index (χ3n) is 7.28. The highest BCUT2D eigenvalue weighted by molar-refractivity contribution is 5.76. The van der Waals surface area contributed by atoms with E-state index in [4.69, 9.17) is 10.2 Å². The van der Waals surface area contributed by atoms with Crippen LogP contribution in [0.2, 0.25) is 0 Å². The minimum atomic E-state index is -0.851. The molecule has 0 saturated carbocycles. The number of phenols is 1. The van der Waals surface area contributed by atoms with Crippen molar-refractivity contribution in [1.29, 1.82) is 0 Å². The number of aliphatic hydroxyl groups excluding tert-OH is 2. The van der Waals surface area contributed by atoms with E-state index >= 15 is 0 Å². The van der Waals surface area contributed by atoms with Crippen LogP contribution in [0.15, 0.2) is 12.1 Å². The molecule has 6 heteroatoms. The number of phenolic OH excluding ortho intramolecular Hbond substituents is 1. The van der Waals surface area contributed by atoms with E-state index in [1.165, 1.54) is 64.2 Å². The molecule has 1 unspecified atom stereocenters. The third-order valence-corrected chi connectivity index (χ3v) is 7.28. The molecular formula is C33H61NO5. The summed E-state index contributed by atoms with van der Waals surface area (Å²) in [6.45, 7) is 18.8. The first-order valence-electron chi connectivity index (χ1n) is 15.2. The Morgan fingerprint density at radius 2 is 1.13 bits per heavy atom. The smallest absolute Gasteiger partial charge is 0.310 e. The Morgan fingerprint density at radius 3 is 1.46 bits per heavy atom. The molecule has 4 N–H and O–H groups in total. The monoisotopic (exact) mass is 551 g/mol. The van der Waals surface area contributed by atoms with Gasteiger partial charge in [0, 0.05) is 13.1 Å². The van der Waals surface area contributed by atoms with E-state index in [9.17, 15) is 15.0 Å². The molecule has 0 aliphatic heterocycles. The predicted octanol–water partition coefficient (Wildman–Crippen LogP) is 7.37. The van der Waals surface area contributed by atoms with Crippen molar-refractivity contribution in [1.82, 2.24) is 4.90 Å². The van der Waals surface area contributed by atoms with Crippen molar-refractivity contribution < 1.29 is 25.2 Å². The first-order valence-corrected chi connectivity index (χ1v) is 15.2. The Hall–Kier alpha value is -1.63. The van der Waals surface area contributed by atoms with Crippen LogP contribution in [0.4, 0.5) is 0 Å². The Bertz CT molecular complexity index is 753. The molecule has 0 saturated heterocycles. The zero-order valence-corrected chi connectivity index (χ0v) is 26.5. The molecule has 228 valence electrons. The molecule has 0 fully saturated rings. The molecule has 0 aromatic heterocycles. The highest BCUT2D eigenvalue weighted by Gasteiger charge is 2.28. The lowest BCUT2D eigenvalue weighted by atomic mass is 9.77. The van der Waals surface area contributed by atoms with Gasteiger partial charge in [-0.2, -0.15) is 0 Å². The SMILES string of the molecule is CC(C(=O)O)c1cc(C(C)(C)C)c(O)c(C(C)(C)C)c1.CCCCCCCCCCCCN(CCO)CCO. The molecule has 39 heavy (non-hydrogen) atoms. The lowest BCUT2D eigenvalue weighted by Gasteiger charge is -2.28. The van der Waals surface area contributed by atoms with Crippen LogP contribution in [-0.4, -0.2) is 64.1 Å². The summed E-state index contributed by atoms with van der Waals surface area (Å²) in [5.74, 6) is -1.15. The molecule has 0 spiro atoms. The molecule has 0 aliphatic rings. The number of aromatic hydroxyl groups is 1. The molecule has 0 amide bonds. The Balaban J connectivity index is 0.000000742. The Labute approximate surface area is 239 Å². The Kier molecular flexibility index (Phi) is 18.6. The van der Waals surface area contributed by atoms with Gasteiger partial charge in [-0.15, -0.1) is 0 Å². The summed E-state index contributed by atoms with van der Waals surface area (Å²) in [5, 5.41) is 37.6. The van der Waals surface area contributed by atoms with Gasteiger partial charge >= 0.3 is 5.97 Å². The number of aliphatic carboxylic acids is 1. The zero-order chi connectivity index (χ0) is 30.1. The fourth-order valence-corrected chi connectivity index (χ4v) is 4.63. The molecule has 1 rings (SSSR count). The van der Waals surface area contributed by atoms with E-state index in [-0.39, 0.29) is 29.8 Å². The number of aliphatic hydroxyl groups is 2. The number of hydrogen-bond donors (Lipinski definition) is 4. The number of nitrogens with zero attached hydrogens (tertiary/aromatic N) is 1. The fraction of sp³-hybridized carbons (Fsp3) is 0.788. The second-order valence-electron chi connectivity index (χ2n) is 13.0. The van der Waals surface area contributed by atoms with Crippen LogP contribution in [0, 0.1) is 0 Å². The van der Waals surface area contributed by atoms with Gasteiger partial charge in [-0.05, 0) is 47.4 Å². The van der Waals surface area contributed by atoms with Crippen molar-refractivity contribution in [2.45, 2.75) is 136 Å². The first-order chi connectivity index (χ1) is 18.2. The average Bonchev–Trinajstić information content (AvgIpc) is 2.84. The molecule has 0 bridgehead atoms. The molecule has 0 aliphatic carbocycles. The maximum Gasteiger partial charge on any atom is 0.310 e. The standard InChI is InChI=1S/C17H26O3.C16H35NO2/c1-10(15(19)20)11-8-12(16(2,3)4)14(18)13(9-11)17(5,6)7;1-2-3-4-5-6-7-8-9-10-11-12-17(13-15-18)14-16-19/h8-10,18H,1-7H3,(H,19,20);18-19H,2-16H2,1H3. The van der Waals surface area contributed by atoms with Gasteiger partial charge < -0.3 is 20.4 Å². The van der Waals surface area contributed by atoms with Crippen molar-refractivity contribution in [3.05, 3.63) is 28.8 Å². The van der Waals surface area contributed by atoms with E-state index < -0.39 is 11.9 Å². The van der Waals surface area contributed by atoms with Gasteiger partial charge in [-0.1, -0.05) is 118 Å². The first kappa shape index (κ1) is 37.4. The minimum absolute atomic E-state index is 0.192. The fourth-order valence-electron chi connectivity index (χ4n) is 4.63. The van der Waals surface area contributed by atoms with Gasteiger partial charge in [0.05, 0.1) is 19.1 Å². The molecular weight excluding hydrogens is 490 g/mol. The maximum absolute atomic E-state index is 11.2. The lowest BCUT2D eigenvalue weighted by Crippen LogP contribution is -2.30. The third kappa shape index (κ3) is 15.7. The van der Waals surface area contributed by atoms with Crippen LogP contribution in [0.3, 0.4) is 0 Å². The lowest BCUT2D eigenvalue weighted by molar-refractivity contribution is -0.138. The van der Waals surface area contributed by atoms with Gasteiger partial charge in [-0.3, -0.25) is 9.69 Å². The van der Waals surface area contributed by atoms with Gasteiger partial charge in [0.25, 0.3) is 0 Å². The summed E-state index contributed by atoms with van der Waals surface area (Å²) >= 11 is 0. The highest BCUT2D eigenvalue weighted by atomic mass is 16.4. The number of carbonyl (C=O) groups is 1. The van der Waals surface area contributed by atoms with Crippen LogP contribution in [0.5, 0.6) is 5.75 Å². The summed E-state index contributed by atoms with van der Waals surface area (Å²) in [6.07, 6.45) is 13.5. The zero-order valence-electron chi connectivity index (χ0n) is 26.5. The molecule has 6 nitrogen and oxygen atoms in total. The number of carboxylic acid groups (broad SMARTS) is 1. The molecule has 1 aromatic carbocycles. The van der Waals surface area contributed by atoms with E-state index in [0.717, 1.165) is 23.2 Å². The van der Waals surface area contributed by atoms with E-state index in [1.54, 1.807) is 6.92 Å². The summed E-state index contributed by atoms with van der Waals surface area (Å²) in [4.78, 5) is 13.4. The quantitative estimate of drug-likeness (QED) is 0.151. The van der Waals surface area contributed by atoms with Crippen LogP contribution < -0.4 is 0 Å². The summed E-state index contributed by atoms with van der Waals surface area (Å²) in [7, 11) is 0. The summed E-state index contributed by atoms with van der Waals surface area (Å²) in [5.41, 5.74) is 1.86. The topological polar surface area (TPSA) is 101 Å². The minimum Gasteiger partial charge on any atom is -0.507 e. The highest BCUT2D eigenvalue weighted by Crippen LogP contribution is 2.41. The van der Waals surface area contributed by atoms with Gasteiger partial charge in [0.2, 0.25) is 0 Å². The number of carboxylic acids is 1. The summed E-state index contributed by atoms with van der Waals surface area (Å²) < 4.78 is 0. The molecule has 1 aromatic rings. The van der Waals surface area contributed by atoms with Crippen LogP contribution in [0.25, 0.3) is 0 Å². The van der Waals surface area contributed by atoms with E-state index in [1.807, 2.05) is 53.7 Å².